The first-order chi connectivity index (χ1) is 19.5. The highest BCUT2D eigenvalue weighted by Crippen LogP contribution is 2.35. The van der Waals surface area contributed by atoms with Crippen LogP contribution in [-0.2, 0) is 14.3 Å². The third-order valence-electron chi connectivity index (χ3n) is 7.48. The minimum absolute atomic E-state index is 0.0636. The van der Waals surface area contributed by atoms with Crippen LogP contribution in [0, 0.1) is 5.82 Å². The molecule has 5 heterocycles. The van der Waals surface area contributed by atoms with Gasteiger partial charge in [-0.3, -0.25) is 9.59 Å². The Hall–Kier alpha value is -4.54. The Balaban J connectivity index is 1.21. The number of rotatable bonds is 6. The second-order valence-corrected chi connectivity index (χ2v) is 10.0. The van der Waals surface area contributed by atoms with Crippen LogP contribution in [0.1, 0.15) is 31.4 Å². The Morgan fingerprint density at radius 3 is 2.62 bits per heavy atom. The van der Waals surface area contributed by atoms with Gasteiger partial charge in [0.05, 0.1) is 17.9 Å². The van der Waals surface area contributed by atoms with Crippen LogP contribution >= 0.6 is 0 Å². The maximum atomic E-state index is 13.9. The summed E-state index contributed by atoms with van der Waals surface area (Å²) in [6.07, 6.45) is 3.72. The number of pyridine rings is 1. The molecule has 0 aliphatic carbocycles. The first-order valence-electron chi connectivity index (χ1n) is 13.5. The minimum Gasteiger partial charge on any atom is -0.456 e. The lowest BCUT2D eigenvalue weighted by molar-refractivity contribution is -0.150. The second-order valence-electron chi connectivity index (χ2n) is 10.0. The zero-order chi connectivity index (χ0) is 27.6. The Labute approximate surface area is 231 Å². The highest BCUT2D eigenvalue weighted by Gasteiger charge is 2.28. The Bertz CT molecular complexity index is 1550. The van der Waals surface area contributed by atoms with Crippen molar-refractivity contribution >= 4 is 29.2 Å². The van der Waals surface area contributed by atoms with Crippen molar-refractivity contribution in [3.05, 3.63) is 72.2 Å². The summed E-state index contributed by atoms with van der Waals surface area (Å²) in [4.78, 5) is 38.8. The van der Waals surface area contributed by atoms with Crippen LogP contribution < -0.4 is 9.80 Å². The van der Waals surface area contributed by atoms with E-state index in [-0.39, 0.29) is 24.4 Å². The lowest BCUT2D eigenvalue weighted by Gasteiger charge is -2.35. The smallest absolute Gasteiger partial charge is 0.303 e. The van der Waals surface area contributed by atoms with Gasteiger partial charge in [0.15, 0.2) is 12.3 Å². The molecule has 6 rings (SSSR count). The largest absolute Gasteiger partial charge is 0.456 e. The van der Waals surface area contributed by atoms with Crippen molar-refractivity contribution in [2.45, 2.75) is 25.8 Å². The van der Waals surface area contributed by atoms with Crippen molar-refractivity contribution in [2.75, 3.05) is 49.1 Å². The lowest BCUT2D eigenvalue weighted by Crippen LogP contribution is -2.50. The quantitative estimate of drug-likeness (QED) is 0.341. The first kappa shape index (κ1) is 25.7. The molecule has 1 aromatic carbocycles. The number of imidazole rings is 1. The van der Waals surface area contributed by atoms with Gasteiger partial charge < -0.3 is 19.4 Å². The molecule has 206 valence electrons. The summed E-state index contributed by atoms with van der Waals surface area (Å²) in [5.41, 5.74) is 3.18. The van der Waals surface area contributed by atoms with Crippen molar-refractivity contribution in [1.29, 1.82) is 0 Å². The highest BCUT2D eigenvalue weighted by atomic mass is 19.1. The van der Waals surface area contributed by atoms with Crippen molar-refractivity contribution < 1.29 is 18.7 Å². The molecule has 0 radical (unpaired) electrons. The number of halogens is 1. The maximum absolute atomic E-state index is 13.9. The van der Waals surface area contributed by atoms with Crippen molar-refractivity contribution in [1.82, 2.24) is 24.5 Å². The van der Waals surface area contributed by atoms with Gasteiger partial charge in [-0.15, -0.1) is 5.10 Å². The molecule has 0 saturated carbocycles. The minimum atomic E-state index is -0.464. The first-order valence-corrected chi connectivity index (χ1v) is 13.5. The number of esters is 1. The van der Waals surface area contributed by atoms with Gasteiger partial charge in [-0.2, -0.15) is 0 Å². The summed E-state index contributed by atoms with van der Waals surface area (Å²) in [7, 11) is 0. The Morgan fingerprint density at radius 2 is 1.82 bits per heavy atom. The number of nitrogens with zero attached hydrogens (tertiary/aromatic N) is 7. The Morgan fingerprint density at radius 1 is 1.00 bits per heavy atom. The van der Waals surface area contributed by atoms with Crippen LogP contribution in [0.15, 0.2) is 60.8 Å². The normalized spacial score (nSPS) is 17.4. The highest BCUT2D eigenvalue weighted by molar-refractivity contribution is 5.80. The number of carbonyl (C=O) groups is 2. The molecule has 4 aromatic rings. The van der Waals surface area contributed by atoms with E-state index in [1.807, 2.05) is 40.9 Å². The fourth-order valence-electron chi connectivity index (χ4n) is 5.47. The molecule has 2 saturated heterocycles. The molecule has 0 bridgehead atoms. The molecule has 2 aliphatic heterocycles. The van der Waals surface area contributed by atoms with E-state index >= 15 is 0 Å². The van der Waals surface area contributed by atoms with Gasteiger partial charge in [0.25, 0.3) is 5.91 Å². The van der Waals surface area contributed by atoms with Gasteiger partial charge >= 0.3 is 5.97 Å². The maximum Gasteiger partial charge on any atom is 0.303 e. The monoisotopic (exact) mass is 543 g/mol. The van der Waals surface area contributed by atoms with Crippen LogP contribution in [0.4, 0.5) is 16.0 Å². The van der Waals surface area contributed by atoms with Gasteiger partial charge in [0, 0.05) is 39.6 Å². The van der Waals surface area contributed by atoms with E-state index < -0.39 is 5.97 Å². The predicted molar refractivity (Wildman–Crippen MR) is 147 cm³/mol. The Kier molecular flexibility index (Phi) is 7.02. The fraction of sp³-hybridized carbons (Fsp3) is 0.345. The number of ether oxygens (including phenoxy) is 1. The molecule has 1 amide bonds. The molecular weight excluding hydrogens is 513 g/mol. The topological polar surface area (TPSA) is 96.2 Å². The predicted octanol–water partition coefficient (Wildman–Crippen LogP) is 3.48. The number of fused-ring (bicyclic) bond motifs is 1. The van der Waals surface area contributed by atoms with Crippen LogP contribution in [0.2, 0.25) is 0 Å². The molecule has 11 heteroatoms. The van der Waals surface area contributed by atoms with Gasteiger partial charge in [-0.25, -0.2) is 18.9 Å². The zero-order valence-electron chi connectivity index (χ0n) is 22.2. The number of benzene rings is 1. The third-order valence-corrected chi connectivity index (χ3v) is 7.48. The van der Waals surface area contributed by atoms with E-state index in [4.69, 9.17) is 14.8 Å². The van der Waals surface area contributed by atoms with Gasteiger partial charge in [-0.1, -0.05) is 18.2 Å². The van der Waals surface area contributed by atoms with E-state index in [2.05, 4.69) is 14.8 Å². The van der Waals surface area contributed by atoms with Crippen molar-refractivity contribution in [3.8, 4) is 11.4 Å². The number of aromatic nitrogens is 4. The molecule has 2 aliphatic rings. The molecule has 2 fully saturated rings. The molecule has 1 unspecified atom stereocenters. The lowest BCUT2D eigenvalue weighted by atomic mass is 10.0. The number of anilines is 2. The summed E-state index contributed by atoms with van der Waals surface area (Å²) in [6, 6.07) is 16.6. The van der Waals surface area contributed by atoms with E-state index in [0.717, 1.165) is 48.0 Å². The summed E-state index contributed by atoms with van der Waals surface area (Å²) >= 11 is 0. The number of piperazine rings is 1. The average molecular weight is 544 g/mol. The number of hydrogen-bond acceptors (Lipinski definition) is 8. The van der Waals surface area contributed by atoms with Gasteiger partial charge in [0.1, 0.15) is 23.1 Å². The van der Waals surface area contributed by atoms with Crippen LogP contribution in [0.25, 0.3) is 17.0 Å². The van der Waals surface area contributed by atoms with E-state index in [1.54, 1.807) is 23.2 Å². The number of hydrogen-bond donors (Lipinski definition) is 0. The molecular formula is C29H30FN7O3. The summed E-state index contributed by atoms with van der Waals surface area (Å²) in [5.74, 6) is 0.729. The average Bonchev–Trinajstić information content (AvgIpc) is 3.63. The van der Waals surface area contributed by atoms with Gasteiger partial charge in [0.2, 0.25) is 0 Å². The van der Waals surface area contributed by atoms with Crippen LogP contribution in [-0.4, -0.2) is 75.7 Å². The van der Waals surface area contributed by atoms with E-state index in [1.165, 1.54) is 13.0 Å². The number of carbonyl (C=O) groups excluding carboxylic acids is 2. The van der Waals surface area contributed by atoms with E-state index in [0.29, 0.717) is 31.8 Å². The molecule has 10 nitrogen and oxygen atoms in total. The van der Waals surface area contributed by atoms with Crippen molar-refractivity contribution in [2.24, 2.45) is 0 Å². The standard InChI is InChI=1S/C29H30FN7O3/c1-20(38)40-19-29(39)35-15-13-34(14-16-35)27-9-3-7-23(32-27)25-18-31-26-10-11-28(33-37(25)26)36-12-4-8-24(36)21-5-2-6-22(30)17-21/h2-3,5-7,9-11,17-18,24H,4,8,12-16,19H2,1H3. The SMILES string of the molecule is CC(=O)OCC(=O)N1CCN(c2cccc(-c3cnc4ccc(N5CCCC5c5cccc(F)c5)nn34)n2)CC1. The molecule has 3 aromatic heterocycles. The summed E-state index contributed by atoms with van der Waals surface area (Å²) < 4.78 is 20.6. The van der Waals surface area contributed by atoms with Crippen molar-refractivity contribution in [3.63, 3.8) is 0 Å². The molecule has 0 spiro atoms. The molecule has 0 N–H and O–H groups in total. The molecule has 40 heavy (non-hydrogen) atoms. The second kappa shape index (κ2) is 10.9. The third kappa shape index (κ3) is 5.18. The summed E-state index contributed by atoms with van der Waals surface area (Å²) in [5, 5.41) is 4.95. The molecule has 1 atom stereocenters. The van der Waals surface area contributed by atoms with Crippen LogP contribution in [0.3, 0.4) is 0 Å². The van der Waals surface area contributed by atoms with Crippen LogP contribution in [0.5, 0.6) is 0 Å². The van der Waals surface area contributed by atoms with Gasteiger partial charge in [-0.05, 0) is 54.8 Å². The van der Waals surface area contributed by atoms with E-state index in [9.17, 15) is 14.0 Å². The summed E-state index contributed by atoms with van der Waals surface area (Å²) in [6.45, 7) is 4.19. The fourth-order valence-corrected chi connectivity index (χ4v) is 5.47. The number of amides is 1. The zero-order valence-corrected chi connectivity index (χ0v) is 22.2.